The number of carbonyl (C=O) groups excluding carboxylic acids is 2. The van der Waals surface area contributed by atoms with Crippen molar-refractivity contribution >= 4 is 29.1 Å². The first-order valence-electron chi connectivity index (χ1n) is 12.4. The lowest BCUT2D eigenvalue weighted by Crippen LogP contribution is -2.56. The Balaban J connectivity index is 1.36. The number of carbonyl (C=O) groups is 2. The molecule has 2 aliphatic rings. The number of rotatable bonds is 2. The highest BCUT2D eigenvalue weighted by molar-refractivity contribution is 5.88. The highest BCUT2D eigenvalue weighted by Gasteiger charge is 2.55. The zero-order valence-electron chi connectivity index (χ0n) is 21.4. The highest BCUT2D eigenvalue weighted by atomic mass is 19.4. The molecule has 0 unspecified atom stereocenters. The van der Waals surface area contributed by atoms with Gasteiger partial charge in [0.15, 0.2) is 5.60 Å². The number of nitrogens with one attached hydrogen (secondary N) is 2. The number of fused-ring (bicyclic) bond motifs is 2. The number of aliphatic hydroxyl groups is 1. The summed E-state index contributed by atoms with van der Waals surface area (Å²) in [5.74, 6) is 0.923. The first-order valence-corrected chi connectivity index (χ1v) is 12.4. The summed E-state index contributed by atoms with van der Waals surface area (Å²) in [6.07, 6.45) is -6.49. The summed E-state index contributed by atoms with van der Waals surface area (Å²) in [5.41, 5.74) is 1.97. The Morgan fingerprint density at radius 3 is 2.56 bits per heavy atom. The lowest BCUT2D eigenvalue weighted by Gasteiger charge is -2.40. The van der Waals surface area contributed by atoms with Crippen molar-refractivity contribution in [2.75, 3.05) is 38.7 Å². The van der Waals surface area contributed by atoms with Crippen molar-refractivity contribution in [1.82, 2.24) is 19.8 Å². The number of benzene rings is 2. The van der Waals surface area contributed by atoms with Gasteiger partial charge in [-0.3, -0.25) is 5.32 Å². The number of aromatic nitrogens is 2. The smallest absolute Gasteiger partial charge is 0.417 e. The van der Waals surface area contributed by atoms with Gasteiger partial charge in [0, 0.05) is 31.5 Å². The summed E-state index contributed by atoms with van der Waals surface area (Å²) >= 11 is 0. The van der Waals surface area contributed by atoms with Gasteiger partial charge in [0.05, 0.1) is 31.2 Å². The van der Waals surface area contributed by atoms with Crippen LogP contribution in [0.2, 0.25) is 0 Å². The summed E-state index contributed by atoms with van der Waals surface area (Å²) in [7, 11) is 1.26. The Labute approximate surface area is 221 Å². The molecule has 39 heavy (non-hydrogen) atoms. The van der Waals surface area contributed by atoms with Crippen molar-refractivity contribution in [2.45, 2.75) is 38.1 Å². The lowest BCUT2D eigenvalue weighted by molar-refractivity contribution is -0.271. The van der Waals surface area contributed by atoms with Gasteiger partial charge in [-0.05, 0) is 47.9 Å². The van der Waals surface area contributed by atoms with E-state index in [2.05, 4.69) is 20.0 Å². The van der Waals surface area contributed by atoms with Crippen molar-refractivity contribution < 1.29 is 37.3 Å². The summed E-state index contributed by atoms with van der Waals surface area (Å²) in [4.78, 5) is 35.0. The summed E-state index contributed by atoms with van der Waals surface area (Å²) in [6, 6.07) is 9.12. The quantitative estimate of drug-likeness (QED) is 0.437. The topological polar surface area (TPSA) is 120 Å². The van der Waals surface area contributed by atoms with Crippen LogP contribution in [0.5, 0.6) is 5.75 Å². The molecule has 3 amide bonds. The van der Waals surface area contributed by atoms with Crippen molar-refractivity contribution in [3.8, 4) is 16.9 Å². The number of urea groups is 1. The number of H-pyrrole nitrogens is 1. The number of aromatic amines is 1. The molecule has 1 aromatic heterocycles. The number of amides is 3. The molecule has 13 heteroatoms. The van der Waals surface area contributed by atoms with E-state index in [0.29, 0.717) is 16.8 Å². The first-order chi connectivity index (χ1) is 18.5. The molecule has 3 aromatic rings. The molecular weight excluding hydrogens is 519 g/mol. The Morgan fingerprint density at radius 1 is 1.13 bits per heavy atom. The summed E-state index contributed by atoms with van der Waals surface area (Å²) < 4.78 is 50.1. The molecule has 0 saturated carbocycles. The number of ether oxygens (including phenoxy) is 2. The highest BCUT2D eigenvalue weighted by Crippen LogP contribution is 2.39. The monoisotopic (exact) mass is 547 g/mol. The van der Waals surface area contributed by atoms with Gasteiger partial charge in [-0.25, -0.2) is 14.6 Å². The fourth-order valence-electron chi connectivity index (χ4n) is 4.99. The Hall–Kier alpha value is -4.00. The fraction of sp³-hybridized carbons (Fsp3) is 0.423. The molecule has 2 aromatic carbocycles. The normalized spacial score (nSPS) is 17.3. The second-order valence-electron chi connectivity index (χ2n) is 9.78. The van der Waals surface area contributed by atoms with E-state index in [9.17, 15) is 27.9 Å². The molecule has 10 nitrogen and oxygen atoms in total. The number of methoxy groups -OCH3 is 1. The minimum Gasteiger partial charge on any atom is -0.491 e. The van der Waals surface area contributed by atoms with Crippen molar-refractivity contribution in [2.24, 2.45) is 0 Å². The van der Waals surface area contributed by atoms with Gasteiger partial charge in [-0.2, -0.15) is 13.2 Å². The third-order valence-electron chi connectivity index (χ3n) is 7.20. The van der Waals surface area contributed by atoms with Gasteiger partial charge in [0.1, 0.15) is 12.4 Å². The van der Waals surface area contributed by atoms with E-state index in [1.54, 1.807) is 4.90 Å². The molecule has 208 valence electrons. The zero-order valence-corrected chi connectivity index (χ0v) is 21.4. The number of hydrogen-bond donors (Lipinski definition) is 3. The Bertz CT molecular complexity index is 1410. The average molecular weight is 548 g/mol. The van der Waals surface area contributed by atoms with Gasteiger partial charge in [0.25, 0.3) is 0 Å². The molecule has 3 heterocycles. The van der Waals surface area contributed by atoms with Gasteiger partial charge in [-0.15, -0.1) is 0 Å². The standard InChI is InChI=1S/C26H28F3N5O5/c1-15-11-17(16-3-4-19-20(13-16)31-22(30-19)32-23(35)38-2)12-18-14-34(9-10-39-21(15)18)24(36)33-7-5-25(37,6-8-33)26(27,28)29/h3-4,11-13,37H,5-10,14H2,1-2H3,(H2,30,31,32,35). The number of piperidine rings is 1. The third-order valence-corrected chi connectivity index (χ3v) is 7.20. The van der Waals surface area contributed by atoms with Crippen LogP contribution in [-0.2, 0) is 11.3 Å². The molecule has 0 radical (unpaired) electrons. The van der Waals surface area contributed by atoms with E-state index in [4.69, 9.17) is 4.74 Å². The second-order valence-corrected chi connectivity index (χ2v) is 9.78. The second kappa shape index (κ2) is 9.95. The number of likely N-dealkylation sites (tertiary alicyclic amines) is 1. The van der Waals surface area contributed by atoms with Gasteiger partial charge < -0.3 is 29.4 Å². The number of anilines is 1. The van der Waals surface area contributed by atoms with E-state index in [1.807, 2.05) is 37.3 Å². The molecule has 0 aliphatic carbocycles. The van der Waals surface area contributed by atoms with Crippen LogP contribution in [0.15, 0.2) is 30.3 Å². The van der Waals surface area contributed by atoms with Crippen molar-refractivity contribution in [3.63, 3.8) is 0 Å². The predicted octanol–water partition coefficient (Wildman–Crippen LogP) is 4.42. The number of hydrogen-bond acceptors (Lipinski definition) is 6. The van der Waals surface area contributed by atoms with Crippen LogP contribution in [0.4, 0.5) is 28.7 Å². The number of aryl methyl sites for hydroxylation is 1. The molecule has 0 spiro atoms. The Kier molecular flexibility index (Phi) is 6.79. The summed E-state index contributed by atoms with van der Waals surface area (Å²) in [6.45, 7) is 2.29. The van der Waals surface area contributed by atoms with E-state index < -0.39 is 30.7 Å². The van der Waals surface area contributed by atoms with Crippen molar-refractivity contribution in [3.05, 3.63) is 41.5 Å². The van der Waals surface area contributed by atoms with Crippen LogP contribution >= 0.6 is 0 Å². The molecule has 2 aliphatic heterocycles. The molecule has 1 fully saturated rings. The van der Waals surface area contributed by atoms with Crippen LogP contribution in [0.3, 0.4) is 0 Å². The SMILES string of the molecule is COC(=O)Nc1nc2ccc(-c3cc(C)c4c(c3)CN(C(=O)N3CCC(O)(C(F)(F)F)CC3)CCO4)cc2[nH]1. The van der Waals surface area contributed by atoms with E-state index in [0.717, 1.165) is 22.3 Å². The van der Waals surface area contributed by atoms with Crippen LogP contribution in [0.25, 0.3) is 22.2 Å². The average Bonchev–Trinajstić information content (AvgIpc) is 3.16. The molecular formula is C26H28F3N5O5. The maximum absolute atomic E-state index is 13.2. The third kappa shape index (κ3) is 5.18. The largest absolute Gasteiger partial charge is 0.491 e. The number of halogens is 3. The van der Waals surface area contributed by atoms with E-state index >= 15 is 0 Å². The lowest BCUT2D eigenvalue weighted by atomic mass is 9.91. The van der Waals surface area contributed by atoms with E-state index in [-0.39, 0.29) is 44.8 Å². The predicted molar refractivity (Wildman–Crippen MR) is 135 cm³/mol. The molecule has 0 atom stereocenters. The zero-order chi connectivity index (χ0) is 27.9. The molecule has 1 saturated heterocycles. The van der Waals surface area contributed by atoms with Crippen molar-refractivity contribution in [1.29, 1.82) is 0 Å². The maximum Gasteiger partial charge on any atom is 0.417 e. The van der Waals surface area contributed by atoms with E-state index in [1.165, 1.54) is 12.0 Å². The molecule has 0 bridgehead atoms. The first kappa shape index (κ1) is 26.6. The number of imidazole rings is 1. The van der Waals surface area contributed by atoms with Gasteiger partial charge in [-0.1, -0.05) is 6.07 Å². The van der Waals surface area contributed by atoms with Crippen LogP contribution in [0.1, 0.15) is 24.0 Å². The van der Waals surface area contributed by atoms with Crippen LogP contribution < -0.4 is 10.1 Å². The minimum atomic E-state index is -4.73. The van der Waals surface area contributed by atoms with Crippen LogP contribution in [-0.4, -0.2) is 82.1 Å². The van der Waals surface area contributed by atoms with Gasteiger partial charge in [0.2, 0.25) is 5.95 Å². The molecule has 3 N–H and O–H groups in total. The summed E-state index contributed by atoms with van der Waals surface area (Å²) in [5, 5.41) is 12.4. The minimum absolute atomic E-state index is 0.185. The van der Waals surface area contributed by atoms with Gasteiger partial charge >= 0.3 is 18.3 Å². The Morgan fingerprint density at radius 2 is 1.87 bits per heavy atom. The van der Waals surface area contributed by atoms with Crippen LogP contribution in [0, 0.1) is 6.92 Å². The fourth-order valence-corrected chi connectivity index (χ4v) is 4.99. The number of nitrogens with zero attached hydrogens (tertiary/aromatic N) is 3. The number of alkyl halides is 3. The molecule has 5 rings (SSSR count). The maximum atomic E-state index is 13.2.